The predicted molar refractivity (Wildman–Crippen MR) is 121 cm³/mol. The van der Waals surface area contributed by atoms with E-state index in [2.05, 4.69) is 9.44 Å². The summed E-state index contributed by atoms with van der Waals surface area (Å²) in [6, 6.07) is 0. The average molecular weight is 439 g/mol. The van der Waals surface area contributed by atoms with Crippen molar-refractivity contribution in [2.45, 2.75) is 53.4 Å². The molecule has 0 saturated heterocycles. The third-order valence-corrected chi connectivity index (χ3v) is 6.15. The molecule has 0 aromatic heterocycles. The Kier molecular flexibility index (Phi) is 15.1. The zero-order valence-electron chi connectivity index (χ0n) is 16.0. The van der Waals surface area contributed by atoms with Crippen molar-refractivity contribution >= 4 is 68.8 Å². The van der Waals surface area contributed by atoms with Crippen LogP contribution in [0.5, 0.6) is 0 Å². The van der Waals surface area contributed by atoms with Crippen molar-refractivity contribution in [3.8, 4) is 0 Å². The lowest BCUT2D eigenvalue weighted by atomic mass is 10.2. The maximum atomic E-state index is 11.8. The largest absolute Gasteiger partial charge is 0.357 e. The number of hydrogen-bond donors (Lipinski definition) is 2. The molecule has 150 valence electrons. The molecular formula is C16H30N4O2S4. The maximum Gasteiger partial charge on any atom is 0.230 e. The molecule has 0 aliphatic rings. The van der Waals surface area contributed by atoms with Crippen LogP contribution in [0.25, 0.3) is 0 Å². The highest BCUT2D eigenvalue weighted by Gasteiger charge is 2.10. The van der Waals surface area contributed by atoms with E-state index in [1.54, 1.807) is 0 Å². The van der Waals surface area contributed by atoms with E-state index in [9.17, 15) is 9.59 Å². The molecule has 10 heteroatoms. The minimum Gasteiger partial charge on any atom is -0.357 e. The van der Waals surface area contributed by atoms with Crippen molar-refractivity contribution in [1.29, 1.82) is 0 Å². The topological polar surface area (TPSA) is 64.7 Å². The number of carbonyl (C=O) groups is 2. The third-order valence-electron chi connectivity index (χ3n) is 3.61. The van der Waals surface area contributed by atoms with E-state index in [1.165, 1.54) is 23.9 Å². The molecule has 0 aromatic carbocycles. The second-order valence-electron chi connectivity index (χ2n) is 5.34. The van der Waals surface area contributed by atoms with Gasteiger partial charge in [0, 0.05) is 62.9 Å². The molecule has 26 heavy (non-hydrogen) atoms. The Morgan fingerprint density at radius 2 is 1.04 bits per heavy atom. The van der Waals surface area contributed by atoms with Crippen LogP contribution in [0.4, 0.5) is 0 Å². The highest BCUT2D eigenvalue weighted by atomic mass is 32.2. The predicted octanol–water partition coefficient (Wildman–Crippen LogP) is 3.33. The highest BCUT2D eigenvalue weighted by molar-refractivity contribution is 8.22. The summed E-state index contributed by atoms with van der Waals surface area (Å²) in [5.74, 6) is -0.135. The van der Waals surface area contributed by atoms with Gasteiger partial charge < -0.3 is 9.80 Å². The first-order valence-corrected chi connectivity index (χ1v) is 11.3. The van der Waals surface area contributed by atoms with Crippen LogP contribution in [0, 0.1) is 0 Å². The standard InChI is InChI=1S/C16H30N4O2S4/c1-5-19(6-2)15(23)25-17-13(21)11-9-10-12-14(22)18-26-16(24)20(7-3)8-4/h5-12H2,1-4H3,(H,17,21)(H,18,22). The van der Waals surface area contributed by atoms with Crippen LogP contribution >= 0.6 is 48.3 Å². The Morgan fingerprint density at radius 3 is 1.31 bits per heavy atom. The first kappa shape index (κ1) is 25.4. The lowest BCUT2D eigenvalue weighted by molar-refractivity contribution is -0.121. The van der Waals surface area contributed by atoms with Crippen LogP contribution in [0.3, 0.4) is 0 Å². The van der Waals surface area contributed by atoms with Gasteiger partial charge in [0.25, 0.3) is 0 Å². The number of unbranched alkanes of at least 4 members (excludes halogenated alkanes) is 1. The van der Waals surface area contributed by atoms with E-state index in [1.807, 2.05) is 37.5 Å². The fourth-order valence-corrected chi connectivity index (χ4v) is 4.11. The van der Waals surface area contributed by atoms with Crippen molar-refractivity contribution in [2.75, 3.05) is 26.2 Å². The zero-order valence-corrected chi connectivity index (χ0v) is 19.3. The number of amides is 2. The molecule has 6 nitrogen and oxygen atoms in total. The van der Waals surface area contributed by atoms with Gasteiger partial charge in [0.2, 0.25) is 11.8 Å². The number of thiocarbonyl (C=S) groups is 2. The molecule has 2 N–H and O–H groups in total. The lowest BCUT2D eigenvalue weighted by Crippen LogP contribution is -2.30. The first-order valence-electron chi connectivity index (χ1n) is 8.88. The smallest absolute Gasteiger partial charge is 0.230 e. The molecule has 0 unspecified atom stereocenters. The van der Waals surface area contributed by atoms with Crippen molar-refractivity contribution in [3.63, 3.8) is 0 Å². The lowest BCUT2D eigenvalue weighted by Gasteiger charge is -2.20. The molecule has 0 spiro atoms. The van der Waals surface area contributed by atoms with Gasteiger partial charge in [-0.25, -0.2) is 0 Å². The van der Waals surface area contributed by atoms with E-state index in [-0.39, 0.29) is 11.8 Å². The highest BCUT2D eigenvalue weighted by Crippen LogP contribution is 2.09. The zero-order chi connectivity index (χ0) is 19.9. The monoisotopic (exact) mass is 438 g/mol. The third kappa shape index (κ3) is 11.2. The van der Waals surface area contributed by atoms with Crippen molar-refractivity contribution in [3.05, 3.63) is 0 Å². The van der Waals surface area contributed by atoms with Crippen LogP contribution < -0.4 is 9.44 Å². The van der Waals surface area contributed by atoms with E-state index >= 15 is 0 Å². The summed E-state index contributed by atoms with van der Waals surface area (Å²) < 4.78 is 6.85. The summed E-state index contributed by atoms with van der Waals surface area (Å²) in [6.07, 6.45) is 2.07. The molecular weight excluding hydrogens is 408 g/mol. The van der Waals surface area contributed by atoms with Gasteiger partial charge in [0.15, 0.2) is 8.64 Å². The number of nitrogens with zero attached hydrogens (tertiary/aromatic N) is 2. The average Bonchev–Trinajstić information content (AvgIpc) is 2.63. The van der Waals surface area contributed by atoms with Crippen molar-refractivity contribution in [2.24, 2.45) is 0 Å². The first-order chi connectivity index (χ1) is 12.4. The van der Waals surface area contributed by atoms with Gasteiger partial charge in [0.05, 0.1) is 0 Å². The van der Waals surface area contributed by atoms with Gasteiger partial charge in [-0.3, -0.25) is 19.0 Å². The van der Waals surface area contributed by atoms with Gasteiger partial charge in [-0.1, -0.05) is 24.4 Å². The summed E-state index contributed by atoms with van der Waals surface area (Å²) in [4.78, 5) is 27.6. The second kappa shape index (κ2) is 15.5. The van der Waals surface area contributed by atoms with E-state index in [4.69, 9.17) is 24.4 Å². The molecule has 2 amide bonds. The van der Waals surface area contributed by atoms with E-state index in [0.717, 1.165) is 26.2 Å². The van der Waals surface area contributed by atoms with Crippen LogP contribution in [-0.4, -0.2) is 56.4 Å². The van der Waals surface area contributed by atoms with Crippen LogP contribution in [-0.2, 0) is 9.59 Å². The second-order valence-corrected chi connectivity index (χ2v) is 8.22. The fraction of sp³-hybridized carbons (Fsp3) is 0.750. The van der Waals surface area contributed by atoms with Crippen LogP contribution in [0.2, 0.25) is 0 Å². The minimum atomic E-state index is -0.0676. The molecule has 0 heterocycles. The number of nitrogens with one attached hydrogen (secondary N) is 2. The van der Waals surface area contributed by atoms with Gasteiger partial charge >= 0.3 is 0 Å². The van der Waals surface area contributed by atoms with Gasteiger partial charge in [-0.2, -0.15) is 0 Å². The Bertz CT molecular complexity index is 427. The molecule has 0 atom stereocenters. The number of rotatable bonds is 9. The minimum absolute atomic E-state index is 0.0676. The van der Waals surface area contributed by atoms with Gasteiger partial charge in [-0.15, -0.1) is 0 Å². The molecule has 0 fully saturated rings. The Balaban J connectivity index is 3.84. The molecule has 0 aliphatic carbocycles. The summed E-state index contributed by atoms with van der Waals surface area (Å²) in [7, 11) is 0. The summed E-state index contributed by atoms with van der Waals surface area (Å²) in [6.45, 7) is 11.4. The fourth-order valence-electron chi connectivity index (χ4n) is 1.97. The van der Waals surface area contributed by atoms with Crippen molar-refractivity contribution in [1.82, 2.24) is 19.2 Å². The van der Waals surface area contributed by atoms with E-state index in [0.29, 0.717) is 34.3 Å². The normalized spacial score (nSPS) is 10.2. The molecule has 0 aliphatic heterocycles. The van der Waals surface area contributed by atoms with Crippen LogP contribution in [0.1, 0.15) is 53.4 Å². The van der Waals surface area contributed by atoms with Gasteiger partial charge in [0.1, 0.15) is 0 Å². The summed E-state index contributed by atoms with van der Waals surface area (Å²) >= 11 is 12.9. The molecule has 0 aromatic rings. The SMILES string of the molecule is CCN(CC)C(=S)SNC(=O)CCCCC(=O)NSC(=S)N(CC)CC. The molecule has 0 rings (SSSR count). The molecule has 0 bridgehead atoms. The molecule has 0 radical (unpaired) electrons. The van der Waals surface area contributed by atoms with E-state index < -0.39 is 0 Å². The van der Waals surface area contributed by atoms with Crippen LogP contribution in [0.15, 0.2) is 0 Å². The maximum absolute atomic E-state index is 11.8. The Morgan fingerprint density at radius 1 is 0.731 bits per heavy atom. The number of hydrogen-bond acceptors (Lipinski definition) is 6. The van der Waals surface area contributed by atoms with Crippen molar-refractivity contribution < 1.29 is 9.59 Å². The quantitative estimate of drug-likeness (QED) is 0.323. The molecule has 0 saturated carbocycles. The Labute approximate surface area is 176 Å². The number of carbonyl (C=O) groups excluding carboxylic acids is 2. The Hall–Kier alpha value is -0.580. The summed E-state index contributed by atoms with van der Waals surface area (Å²) in [5.41, 5.74) is 0. The van der Waals surface area contributed by atoms with Gasteiger partial charge in [-0.05, 0) is 40.5 Å². The summed E-state index contributed by atoms with van der Waals surface area (Å²) in [5, 5.41) is 0.